The van der Waals surface area contributed by atoms with Gasteiger partial charge in [-0.2, -0.15) is 0 Å². The van der Waals surface area contributed by atoms with Gasteiger partial charge in [-0.1, -0.05) is 12.1 Å². The number of carbonyl (C=O) groups excluding carboxylic acids is 1. The Kier molecular flexibility index (Phi) is 7.53. The van der Waals surface area contributed by atoms with Gasteiger partial charge in [-0.15, -0.1) is 0 Å². The Morgan fingerprint density at radius 3 is 2.52 bits per heavy atom. The maximum Gasteiger partial charge on any atom is 0.253 e. The smallest absolute Gasteiger partial charge is 0.253 e. The van der Waals surface area contributed by atoms with Gasteiger partial charge in [0.25, 0.3) is 5.91 Å². The summed E-state index contributed by atoms with van der Waals surface area (Å²) in [5.74, 6) is 0.926. The zero-order chi connectivity index (χ0) is 22.4. The molecule has 1 N–H and O–H groups in total. The van der Waals surface area contributed by atoms with Gasteiger partial charge in [0, 0.05) is 37.9 Å². The molecule has 1 aliphatic rings. The summed E-state index contributed by atoms with van der Waals surface area (Å²) in [5.41, 5.74) is 1.19. The normalized spacial score (nSPS) is 16.2. The van der Waals surface area contributed by atoms with Crippen molar-refractivity contribution >= 4 is 15.9 Å². The van der Waals surface area contributed by atoms with Crippen molar-refractivity contribution in [1.29, 1.82) is 0 Å². The van der Waals surface area contributed by atoms with Crippen LogP contribution in [0.3, 0.4) is 0 Å². The number of nitrogens with zero attached hydrogens (tertiary/aromatic N) is 1. The van der Waals surface area contributed by atoms with E-state index in [1.54, 1.807) is 27.3 Å². The molecule has 0 aliphatic carbocycles. The van der Waals surface area contributed by atoms with E-state index in [0.717, 1.165) is 18.4 Å². The third-order valence-corrected chi connectivity index (χ3v) is 6.61. The van der Waals surface area contributed by atoms with Gasteiger partial charge in [0.05, 0.1) is 25.2 Å². The molecule has 2 aromatic rings. The second-order valence-corrected chi connectivity index (χ2v) is 9.09. The molecule has 0 radical (unpaired) electrons. The molecule has 31 heavy (non-hydrogen) atoms. The lowest BCUT2D eigenvalue weighted by atomic mass is 10.1. The maximum atomic E-state index is 12.8. The quantitative estimate of drug-likeness (QED) is 0.633. The first-order chi connectivity index (χ1) is 14.9. The molecule has 1 amide bonds. The molecule has 0 aromatic heterocycles. The summed E-state index contributed by atoms with van der Waals surface area (Å²) in [6, 6.07) is 11.4. The SMILES string of the molecule is COc1cccc(CN(C)C(=O)c2ccc(S(=O)(=O)NC[C@@H]3CCCO3)cc2)c1OC. The van der Waals surface area contributed by atoms with Gasteiger partial charge >= 0.3 is 0 Å². The Bertz CT molecular complexity index is 1000. The van der Waals surface area contributed by atoms with E-state index in [0.29, 0.717) is 30.2 Å². The van der Waals surface area contributed by atoms with Crippen LogP contribution in [0.2, 0.25) is 0 Å². The Hall–Kier alpha value is -2.62. The standard InChI is InChI=1S/C22H28N2O6S/c1-24(15-17-6-4-8-20(28-2)21(17)29-3)22(25)16-9-11-19(12-10-16)31(26,27)23-14-18-7-5-13-30-18/h4,6,8-12,18,23H,5,7,13-15H2,1-3H3/t18-/m0/s1. The highest BCUT2D eigenvalue weighted by Crippen LogP contribution is 2.31. The Balaban J connectivity index is 1.67. The maximum absolute atomic E-state index is 12.8. The molecule has 1 heterocycles. The molecule has 1 atom stereocenters. The van der Waals surface area contributed by atoms with E-state index < -0.39 is 10.0 Å². The molecule has 0 spiro atoms. The van der Waals surface area contributed by atoms with Crippen molar-refractivity contribution in [3.05, 3.63) is 53.6 Å². The number of nitrogens with one attached hydrogen (secondary N) is 1. The Morgan fingerprint density at radius 1 is 1.16 bits per heavy atom. The van der Waals surface area contributed by atoms with Crippen molar-refractivity contribution < 1.29 is 27.4 Å². The van der Waals surface area contributed by atoms with Crippen molar-refractivity contribution in [2.24, 2.45) is 0 Å². The molecule has 1 saturated heterocycles. The van der Waals surface area contributed by atoms with E-state index in [9.17, 15) is 13.2 Å². The number of hydrogen-bond donors (Lipinski definition) is 1. The molecule has 0 saturated carbocycles. The Morgan fingerprint density at radius 2 is 1.90 bits per heavy atom. The molecule has 3 rings (SSSR count). The fraction of sp³-hybridized carbons (Fsp3) is 0.409. The van der Waals surface area contributed by atoms with Crippen LogP contribution in [0, 0.1) is 0 Å². The second kappa shape index (κ2) is 10.1. The van der Waals surface area contributed by atoms with Gasteiger partial charge < -0.3 is 19.1 Å². The number of rotatable bonds is 9. The summed E-state index contributed by atoms with van der Waals surface area (Å²) in [7, 11) is 1.12. The summed E-state index contributed by atoms with van der Waals surface area (Å²) in [5, 5.41) is 0. The predicted molar refractivity (Wildman–Crippen MR) is 116 cm³/mol. The van der Waals surface area contributed by atoms with Gasteiger partial charge in [-0.3, -0.25) is 4.79 Å². The Labute approximate surface area is 183 Å². The average Bonchev–Trinajstić information content (AvgIpc) is 3.31. The van der Waals surface area contributed by atoms with Crippen LogP contribution < -0.4 is 14.2 Å². The molecule has 168 valence electrons. The van der Waals surface area contributed by atoms with Crippen molar-refractivity contribution in [2.45, 2.75) is 30.4 Å². The predicted octanol–water partition coefficient (Wildman–Crippen LogP) is 2.43. The summed E-state index contributed by atoms with van der Waals surface area (Å²) < 4.78 is 43.7. The number of benzene rings is 2. The van der Waals surface area contributed by atoms with Crippen molar-refractivity contribution in [3.8, 4) is 11.5 Å². The second-order valence-electron chi connectivity index (χ2n) is 7.33. The highest BCUT2D eigenvalue weighted by Gasteiger charge is 2.21. The minimum absolute atomic E-state index is 0.0853. The van der Waals surface area contributed by atoms with E-state index in [1.807, 2.05) is 12.1 Å². The summed E-state index contributed by atoms with van der Waals surface area (Å²) >= 11 is 0. The number of carbonyl (C=O) groups is 1. The number of amides is 1. The van der Waals surface area contributed by atoms with Crippen LogP contribution >= 0.6 is 0 Å². The first-order valence-corrected chi connectivity index (χ1v) is 11.5. The zero-order valence-electron chi connectivity index (χ0n) is 18.0. The van der Waals surface area contributed by atoms with E-state index in [-0.39, 0.29) is 23.5 Å². The van der Waals surface area contributed by atoms with Crippen molar-refractivity contribution in [3.63, 3.8) is 0 Å². The topological polar surface area (TPSA) is 94.2 Å². The zero-order valence-corrected chi connectivity index (χ0v) is 18.8. The van der Waals surface area contributed by atoms with Crippen molar-refractivity contribution in [1.82, 2.24) is 9.62 Å². The molecule has 1 aliphatic heterocycles. The summed E-state index contributed by atoms with van der Waals surface area (Å²) in [6.45, 7) is 1.22. The van der Waals surface area contributed by atoms with E-state index in [4.69, 9.17) is 14.2 Å². The van der Waals surface area contributed by atoms with Crippen LogP contribution in [0.1, 0.15) is 28.8 Å². The van der Waals surface area contributed by atoms with Crippen molar-refractivity contribution in [2.75, 3.05) is 34.4 Å². The van der Waals surface area contributed by atoms with Gasteiger partial charge in [0.1, 0.15) is 0 Å². The highest BCUT2D eigenvalue weighted by molar-refractivity contribution is 7.89. The van der Waals surface area contributed by atoms with E-state index in [1.165, 1.54) is 29.2 Å². The minimum Gasteiger partial charge on any atom is -0.493 e. The van der Waals surface area contributed by atoms with Crippen LogP contribution in [0.5, 0.6) is 11.5 Å². The highest BCUT2D eigenvalue weighted by atomic mass is 32.2. The lowest BCUT2D eigenvalue weighted by Crippen LogP contribution is -2.32. The van der Waals surface area contributed by atoms with Gasteiger partial charge in [-0.05, 0) is 43.2 Å². The molecule has 1 fully saturated rings. The van der Waals surface area contributed by atoms with Gasteiger partial charge in [0.2, 0.25) is 10.0 Å². The van der Waals surface area contributed by atoms with Crippen LogP contribution in [-0.4, -0.2) is 59.7 Å². The van der Waals surface area contributed by atoms with Gasteiger partial charge in [-0.25, -0.2) is 13.1 Å². The lowest BCUT2D eigenvalue weighted by Gasteiger charge is -2.20. The molecule has 0 unspecified atom stereocenters. The summed E-state index contributed by atoms with van der Waals surface area (Å²) in [6.07, 6.45) is 1.71. The molecular weight excluding hydrogens is 420 g/mol. The summed E-state index contributed by atoms with van der Waals surface area (Å²) in [4.78, 5) is 14.5. The molecule has 0 bridgehead atoms. The lowest BCUT2D eigenvalue weighted by molar-refractivity contribution is 0.0784. The number of sulfonamides is 1. The number of methoxy groups -OCH3 is 2. The third kappa shape index (κ3) is 5.55. The number of hydrogen-bond acceptors (Lipinski definition) is 6. The first-order valence-electron chi connectivity index (χ1n) is 10.0. The third-order valence-electron chi connectivity index (χ3n) is 5.18. The number of ether oxygens (including phenoxy) is 3. The monoisotopic (exact) mass is 448 g/mol. The first kappa shape index (κ1) is 23.1. The van der Waals surface area contributed by atoms with Crippen LogP contribution in [0.4, 0.5) is 0 Å². The molecule has 9 heteroatoms. The van der Waals surface area contributed by atoms with Crippen LogP contribution in [-0.2, 0) is 21.3 Å². The molecule has 2 aromatic carbocycles. The minimum atomic E-state index is -3.66. The largest absolute Gasteiger partial charge is 0.493 e. The van der Waals surface area contributed by atoms with E-state index >= 15 is 0 Å². The fourth-order valence-electron chi connectivity index (χ4n) is 3.49. The molecular formula is C22H28N2O6S. The molecule has 8 nitrogen and oxygen atoms in total. The fourth-order valence-corrected chi connectivity index (χ4v) is 4.56. The number of para-hydroxylation sites is 1. The van der Waals surface area contributed by atoms with Gasteiger partial charge in [0.15, 0.2) is 11.5 Å². The van der Waals surface area contributed by atoms with Crippen LogP contribution in [0.15, 0.2) is 47.4 Å². The van der Waals surface area contributed by atoms with Crippen LogP contribution in [0.25, 0.3) is 0 Å². The average molecular weight is 449 g/mol. The van der Waals surface area contributed by atoms with E-state index in [2.05, 4.69) is 4.72 Å².